The molecule has 1 saturated carbocycles. The number of esters is 1. The van der Waals surface area contributed by atoms with Crippen molar-refractivity contribution in [3.05, 3.63) is 41.1 Å². The van der Waals surface area contributed by atoms with Gasteiger partial charge in [0.1, 0.15) is 11.9 Å². The molecule has 28 heavy (non-hydrogen) atoms. The van der Waals surface area contributed by atoms with Crippen molar-refractivity contribution in [2.24, 2.45) is 11.8 Å². The lowest BCUT2D eigenvalue weighted by Crippen LogP contribution is -2.45. The van der Waals surface area contributed by atoms with Gasteiger partial charge < -0.3 is 20.1 Å². The first-order valence-corrected chi connectivity index (χ1v) is 10.1. The molecule has 0 radical (unpaired) electrons. The van der Waals surface area contributed by atoms with E-state index in [-0.39, 0.29) is 18.1 Å². The van der Waals surface area contributed by atoms with Gasteiger partial charge in [-0.15, -0.1) is 0 Å². The van der Waals surface area contributed by atoms with E-state index in [1.54, 1.807) is 6.92 Å². The van der Waals surface area contributed by atoms with E-state index in [9.17, 15) is 9.59 Å². The van der Waals surface area contributed by atoms with Crippen LogP contribution < -0.4 is 15.4 Å². The molecule has 6 nitrogen and oxygen atoms in total. The molecule has 0 unspecified atom stereocenters. The largest absolute Gasteiger partial charge is 0.494 e. The summed E-state index contributed by atoms with van der Waals surface area (Å²) in [5.74, 6) is 1.58. The maximum absolute atomic E-state index is 13.0. The summed E-state index contributed by atoms with van der Waals surface area (Å²) in [6.45, 7) is 8.70. The number of ether oxygens (including phenoxy) is 2. The van der Waals surface area contributed by atoms with Gasteiger partial charge in [0.05, 0.1) is 18.2 Å². The first-order valence-electron chi connectivity index (χ1n) is 10.1. The monoisotopic (exact) mass is 386 g/mol. The molecule has 1 heterocycles. The first kappa shape index (κ1) is 20.2. The lowest BCUT2D eigenvalue weighted by molar-refractivity contribution is -0.147. The van der Waals surface area contributed by atoms with Gasteiger partial charge in [-0.3, -0.25) is 0 Å². The summed E-state index contributed by atoms with van der Waals surface area (Å²) in [7, 11) is 0. The zero-order valence-corrected chi connectivity index (χ0v) is 17.1. The number of amides is 2. The molecule has 152 valence electrons. The number of carbonyl (C=O) groups is 2. The molecule has 3 rings (SSSR count). The van der Waals surface area contributed by atoms with Crippen LogP contribution in [0.15, 0.2) is 35.5 Å². The molecule has 2 N–H and O–H groups in total. The third-order valence-corrected chi connectivity index (χ3v) is 5.84. The van der Waals surface area contributed by atoms with E-state index in [0.29, 0.717) is 29.7 Å². The van der Waals surface area contributed by atoms with E-state index >= 15 is 0 Å². The summed E-state index contributed by atoms with van der Waals surface area (Å²) in [5, 5.41) is 5.55. The van der Waals surface area contributed by atoms with E-state index in [4.69, 9.17) is 9.47 Å². The van der Waals surface area contributed by atoms with E-state index in [2.05, 4.69) is 24.5 Å². The molecule has 1 aromatic rings. The minimum absolute atomic E-state index is 0.0717. The van der Waals surface area contributed by atoms with Crippen molar-refractivity contribution in [3.63, 3.8) is 0 Å². The van der Waals surface area contributed by atoms with Gasteiger partial charge in [-0.05, 0) is 62.6 Å². The molecule has 0 spiro atoms. The number of hydrogen-bond acceptors (Lipinski definition) is 4. The normalized spacial score (nSPS) is 27.6. The Kier molecular flexibility index (Phi) is 6.27. The zero-order valence-electron chi connectivity index (χ0n) is 17.1. The van der Waals surface area contributed by atoms with E-state index in [1.807, 2.05) is 31.2 Å². The molecular weight excluding hydrogens is 356 g/mol. The highest BCUT2D eigenvalue weighted by molar-refractivity contribution is 5.95. The summed E-state index contributed by atoms with van der Waals surface area (Å²) in [6.07, 6.45) is 2.76. The fourth-order valence-electron chi connectivity index (χ4n) is 3.96. The molecule has 1 fully saturated rings. The Morgan fingerprint density at radius 1 is 1.14 bits per heavy atom. The predicted octanol–water partition coefficient (Wildman–Crippen LogP) is 4.08. The Hall–Kier alpha value is -2.50. The fraction of sp³-hybridized carbons (Fsp3) is 0.545. The minimum Gasteiger partial charge on any atom is -0.494 e. The second-order valence-corrected chi connectivity index (χ2v) is 7.87. The lowest BCUT2D eigenvalue weighted by Gasteiger charge is -2.33. The summed E-state index contributed by atoms with van der Waals surface area (Å²) in [5.41, 5.74) is 1.80. The fourth-order valence-corrected chi connectivity index (χ4v) is 3.96. The third-order valence-electron chi connectivity index (χ3n) is 5.84. The Morgan fingerprint density at radius 2 is 1.86 bits per heavy atom. The van der Waals surface area contributed by atoms with Crippen LogP contribution in [0.5, 0.6) is 5.75 Å². The summed E-state index contributed by atoms with van der Waals surface area (Å²) >= 11 is 0. The quantitative estimate of drug-likeness (QED) is 0.748. The molecule has 0 bridgehead atoms. The summed E-state index contributed by atoms with van der Waals surface area (Å²) in [6, 6.07) is 6.55. The number of rotatable bonds is 5. The molecule has 6 heteroatoms. The SMILES string of the molecule is CCOc1ccc([C@@H]2NC(=O)NC(C)=C2C(=O)O[C@@H]2CC[C@@H](C)[C@@H](C)C2)cc1. The highest BCUT2D eigenvalue weighted by Gasteiger charge is 2.34. The highest BCUT2D eigenvalue weighted by Crippen LogP contribution is 2.33. The lowest BCUT2D eigenvalue weighted by atomic mass is 9.80. The predicted molar refractivity (Wildman–Crippen MR) is 107 cm³/mol. The van der Waals surface area contributed by atoms with Crippen molar-refractivity contribution < 1.29 is 19.1 Å². The summed E-state index contributed by atoms with van der Waals surface area (Å²) < 4.78 is 11.3. The van der Waals surface area contributed by atoms with Crippen molar-refractivity contribution in [3.8, 4) is 5.75 Å². The van der Waals surface area contributed by atoms with Gasteiger partial charge in [0.15, 0.2) is 0 Å². The maximum atomic E-state index is 13.0. The Balaban J connectivity index is 1.80. The van der Waals surface area contributed by atoms with Crippen molar-refractivity contribution >= 4 is 12.0 Å². The second-order valence-electron chi connectivity index (χ2n) is 7.87. The topological polar surface area (TPSA) is 76.7 Å². The van der Waals surface area contributed by atoms with Crippen LogP contribution in [0, 0.1) is 11.8 Å². The third kappa shape index (κ3) is 4.49. The van der Waals surface area contributed by atoms with Gasteiger partial charge in [0.2, 0.25) is 0 Å². The van der Waals surface area contributed by atoms with Crippen molar-refractivity contribution in [1.82, 2.24) is 10.6 Å². The first-order chi connectivity index (χ1) is 13.4. The van der Waals surface area contributed by atoms with Crippen LogP contribution in [-0.2, 0) is 9.53 Å². The molecule has 2 aliphatic rings. The smallest absolute Gasteiger partial charge is 0.338 e. The van der Waals surface area contributed by atoms with Crippen molar-refractivity contribution in [1.29, 1.82) is 0 Å². The number of allylic oxidation sites excluding steroid dienone is 1. The average molecular weight is 386 g/mol. The number of benzene rings is 1. The Labute approximate surface area is 166 Å². The molecule has 4 atom stereocenters. The zero-order chi connectivity index (χ0) is 20.3. The molecule has 0 aromatic heterocycles. The number of nitrogens with one attached hydrogen (secondary N) is 2. The van der Waals surface area contributed by atoms with Gasteiger partial charge >= 0.3 is 12.0 Å². The van der Waals surface area contributed by atoms with Crippen LogP contribution in [0.1, 0.15) is 58.6 Å². The Bertz CT molecular complexity index is 756. The summed E-state index contributed by atoms with van der Waals surface area (Å²) in [4.78, 5) is 25.1. The Morgan fingerprint density at radius 3 is 2.50 bits per heavy atom. The maximum Gasteiger partial charge on any atom is 0.338 e. The molecule has 1 aliphatic carbocycles. The van der Waals surface area contributed by atoms with Crippen LogP contribution in [0.2, 0.25) is 0 Å². The van der Waals surface area contributed by atoms with Crippen molar-refractivity contribution in [2.45, 2.75) is 59.1 Å². The highest BCUT2D eigenvalue weighted by atomic mass is 16.5. The van der Waals surface area contributed by atoms with Gasteiger partial charge in [0.25, 0.3) is 0 Å². The van der Waals surface area contributed by atoms with Crippen LogP contribution in [-0.4, -0.2) is 24.7 Å². The van der Waals surface area contributed by atoms with Crippen LogP contribution in [0.25, 0.3) is 0 Å². The number of carbonyl (C=O) groups excluding carboxylic acids is 2. The molecule has 1 aromatic carbocycles. The van der Waals surface area contributed by atoms with Gasteiger partial charge in [-0.1, -0.05) is 26.0 Å². The van der Waals surface area contributed by atoms with Gasteiger partial charge in [-0.2, -0.15) is 0 Å². The van der Waals surface area contributed by atoms with E-state index in [0.717, 1.165) is 30.6 Å². The molecule has 1 aliphatic heterocycles. The van der Waals surface area contributed by atoms with Crippen molar-refractivity contribution in [2.75, 3.05) is 6.61 Å². The standard InChI is InChI=1S/C22H30N2O4/c1-5-27-17-10-7-16(8-11-17)20-19(15(4)23-22(26)24-20)21(25)28-18-9-6-13(2)14(3)12-18/h7-8,10-11,13-14,18,20H,5-6,9,12H2,1-4H3,(H2,23,24,26)/t13-,14+,18-,20+/m1/s1. The average Bonchev–Trinajstić information content (AvgIpc) is 2.65. The molecule has 0 saturated heterocycles. The number of hydrogen-bond donors (Lipinski definition) is 2. The molecule has 2 amide bonds. The van der Waals surface area contributed by atoms with E-state index < -0.39 is 6.04 Å². The van der Waals surface area contributed by atoms with Crippen LogP contribution in [0.3, 0.4) is 0 Å². The molecular formula is C22H30N2O4. The second kappa shape index (κ2) is 8.67. The van der Waals surface area contributed by atoms with Gasteiger partial charge in [0, 0.05) is 5.70 Å². The van der Waals surface area contributed by atoms with Crippen LogP contribution in [0.4, 0.5) is 4.79 Å². The van der Waals surface area contributed by atoms with E-state index in [1.165, 1.54) is 0 Å². The number of urea groups is 1. The van der Waals surface area contributed by atoms with Crippen LogP contribution >= 0.6 is 0 Å². The minimum atomic E-state index is -0.545. The van der Waals surface area contributed by atoms with Gasteiger partial charge in [-0.25, -0.2) is 9.59 Å².